The minimum atomic E-state index is -1.06. The Morgan fingerprint density at radius 1 is 0.816 bits per heavy atom. The van der Waals surface area contributed by atoms with Gasteiger partial charge in [0.2, 0.25) is 0 Å². The van der Waals surface area contributed by atoms with Crippen LogP contribution in [0.2, 0.25) is 0 Å². The first-order valence-corrected chi connectivity index (χ1v) is 14.5. The van der Waals surface area contributed by atoms with E-state index < -0.39 is 77.4 Å². The second kappa shape index (κ2) is 16.0. The Labute approximate surface area is 277 Å². The highest BCUT2D eigenvalue weighted by molar-refractivity contribution is 5.92. The Bertz CT molecular complexity index is 1730. The van der Waals surface area contributed by atoms with Crippen molar-refractivity contribution in [1.29, 1.82) is 0 Å². The predicted molar refractivity (Wildman–Crippen MR) is 169 cm³/mol. The SMILES string of the molecule is CCOC(=O)/C=C1\[C@@H](OC(=O)c2cc([N+](=O)[O-])cc([N+](=O)[O-])c2)CC[C@@]1(C)/C=C/C/C(C)=C/COC(=O)c1cc([N+](=O)[O-])cc([N+](=O)[O-])c1. The maximum atomic E-state index is 13.0. The van der Waals surface area contributed by atoms with E-state index in [4.69, 9.17) is 14.2 Å². The van der Waals surface area contributed by atoms with Gasteiger partial charge in [0.05, 0.1) is 49.6 Å². The van der Waals surface area contributed by atoms with E-state index in [0.29, 0.717) is 24.5 Å². The summed E-state index contributed by atoms with van der Waals surface area (Å²) in [5.74, 6) is -2.76. The molecule has 1 fully saturated rings. The number of benzene rings is 2. The summed E-state index contributed by atoms with van der Waals surface area (Å²) in [4.78, 5) is 79.1. The van der Waals surface area contributed by atoms with E-state index in [2.05, 4.69) is 0 Å². The summed E-state index contributed by atoms with van der Waals surface area (Å²) in [6, 6.07) is 4.90. The molecular formula is C31H30N4O14. The molecular weight excluding hydrogens is 652 g/mol. The van der Waals surface area contributed by atoms with Crippen LogP contribution in [0.4, 0.5) is 22.7 Å². The maximum Gasteiger partial charge on any atom is 0.339 e. The quantitative estimate of drug-likeness (QED) is 0.0563. The molecule has 0 N–H and O–H groups in total. The first-order valence-electron chi connectivity index (χ1n) is 14.5. The number of nitro groups is 4. The van der Waals surface area contributed by atoms with Crippen molar-refractivity contribution in [3.05, 3.63) is 123 Å². The second-order valence-electron chi connectivity index (χ2n) is 11.0. The molecule has 0 bridgehead atoms. The molecule has 2 aromatic rings. The van der Waals surface area contributed by atoms with Gasteiger partial charge in [-0.2, -0.15) is 0 Å². The molecule has 0 spiro atoms. The molecule has 0 saturated heterocycles. The largest absolute Gasteiger partial charge is 0.463 e. The standard InChI is InChI=1S/C31H30N4O14/c1-4-47-28(36)18-26-27(49-30(38)21-14-24(34(43)44)17-25(15-21)35(45)46)7-10-31(26,3)9-5-6-19(2)8-11-48-29(37)20-12-22(32(39)40)16-23(13-20)33(41)42/h5,8-9,12-18,27H,4,6-7,10-11H2,1-3H3/b9-5+,19-8+,26-18+/t27-,31+/m0/s1. The molecule has 2 atom stereocenters. The number of ether oxygens (including phenoxy) is 3. The van der Waals surface area contributed by atoms with Crippen molar-refractivity contribution in [3.8, 4) is 0 Å². The highest BCUT2D eigenvalue weighted by Crippen LogP contribution is 2.46. The summed E-state index contributed by atoms with van der Waals surface area (Å²) in [7, 11) is 0. The maximum absolute atomic E-state index is 13.0. The number of nitrogens with zero attached hydrogens (tertiary/aromatic N) is 4. The summed E-state index contributed by atoms with van der Waals surface area (Å²) < 4.78 is 15.8. The van der Waals surface area contributed by atoms with E-state index in [0.717, 1.165) is 35.9 Å². The molecule has 18 heteroatoms. The van der Waals surface area contributed by atoms with E-state index in [1.807, 2.05) is 0 Å². The lowest BCUT2D eigenvalue weighted by Crippen LogP contribution is -2.23. The van der Waals surface area contributed by atoms with Crippen LogP contribution in [0.3, 0.4) is 0 Å². The van der Waals surface area contributed by atoms with Crippen LogP contribution in [0.25, 0.3) is 0 Å². The molecule has 0 amide bonds. The van der Waals surface area contributed by atoms with Gasteiger partial charge in [-0.25, -0.2) is 14.4 Å². The smallest absolute Gasteiger partial charge is 0.339 e. The highest BCUT2D eigenvalue weighted by Gasteiger charge is 2.41. The number of nitro benzene ring substituents is 4. The molecule has 3 rings (SSSR count). The number of non-ortho nitro benzene ring substituents is 4. The normalized spacial score (nSPS) is 18.2. The predicted octanol–water partition coefficient (Wildman–Crippen LogP) is 5.88. The second-order valence-corrected chi connectivity index (χ2v) is 11.0. The molecule has 1 aliphatic carbocycles. The zero-order valence-corrected chi connectivity index (χ0v) is 26.4. The fourth-order valence-corrected chi connectivity index (χ4v) is 4.95. The van der Waals surface area contributed by atoms with Crippen LogP contribution in [0.15, 0.2) is 71.8 Å². The van der Waals surface area contributed by atoms with Gasteiger partial charge in [0.25, 0.3) is 22.7 Å². The van der Waals surface area contributed by atoms with Crippen LogP contribution >= 0.6 is 0 Å². The molecule has 2 aromatic carbocycles. The van der Waals surface area contributed by atoms with E-state index in [-0.39, 0.29) is 25.2 Å². The number of rotatable bonds is 14. The van der Waals surface area contributed by atoms with Gasteiger partial charge in [-0.3, -0.25) is 40.5 Å². The number of esters is 3. The zero-order chi connectivity index (χ0) is 36.5. The van der Waals surface area contributed by atoms with E-state index in [1.54, 1.807) is 39.0 Å². The Morgan fingerprint density at radius 3 is 1.78 bits per heavy atom. The van der Waals surface area contributed by atoms with Crippen molar-refractivity contribution in [2.45, 2.75) is 46.1 Å². The van der Waals surface area contributed by atoms with Gasteiger partial charge >= 0.3 is 17.9 Å². The minimum Gasteiger partial charge on any atom is -0.463 e. The third-order valence-electron chi connectivity index (χ3n) is 7.43. The summed E-state index contributed by atoms with van der Waals surface area (Å²) in [6.07, 6.45) is 6.33. The first-order chi connectivity index (χ1) is 23.0. The molecule has 49 heavy (non-hydrogen) atoms. The number of allylic oxidation sites excluding steroid dienone is 3. The van der Waals surface area contributed by atoms with E-state index in [9.17, 15) is 54.8 Å². The van der Waals surface area contributed by atoms with Crippen LogP contribution in [0.1, 0.15) is 60.7 Å². The molecule has 18 nitrogen and oxygen atoms in total. The summed E-state index contributed by atoms with van der Waals surface area (Å²) in [5, 5.41) is 44.7. The molecule has 1 aliphatic rings. The zero-order valence-electron chi connectivity index (χ0n) is 26.4. The summed E-state index contributed by atoms with van der Waals surface area (Å²) >= 11 is 0. The van der Waals surface area contributed by atoms with E-state index in [1.165, 1.54) is 6.08 Å². The third kappa shape index (κ3) is 9.83. The number of carbonyl (C=O) groups is 3. The third-order valence-corrected chi connectivity index (χ3v) is 7.43. The lowest BCUT2D eigenvalue weighted by Gasteiger charge is -2.24. The molecule has 0 radical (unpaired) electrons. The number of carbonyl (C=O) groups excluding carboxylic acids is 3. The van der Waals surface area contributed by atoms with Crippen molar-refractivity contribution in [3.63, 3.8) is 0 Å². The van der Waals surface area contributed by atoms with Gasteiger partial charge in [-0.15, -0.1) is 0 Å². The van der Waals surface area contributed by atoms with Gasteiger partial charge in [0, 0.05) is 35.8 Å². The van der Waals surface area contributed by atoms with Crippen LogP contribution in [0, 0.1) is 45.9 Å². The Hall–Kier alpha value is -6.33. The lowest BCUT2D eigenvalue weighted by atomic mass is 9.83. The molecule has 1 saturated carbocycles. The topological polar surface area (TPSA) is 251 Å². The summed E-state index contributed by atoms with van der Waals surface area (Å²) in [5.41, 5.74) is -3.12. The van der Waals surface area contributed by atoms with E-state index >= 15 is 0 Å². The van der Waals surface area contributed by atoms with Gasteiger partial charge in [0.1, 0.15) is 12.7 Å². The molecule has 0 heterocycles. The monoisotopic (exact) mass is 682 g/mol. The molecule has 0 aromatic heterocycles. The average molecular weight is 683 g/mol. The first kappa shape index (κ1) is 37.1. The van der Waals surface area contributed by atoms with Crippen LogP contribution < -0.4 is 0 Å². The minimum absolute atomic E-state index is 0.0730. The average Bonchev–Trinajstić information content (AvgIpc) is 3.34. The van der Waals surface area contributed by atoms with Crippen molar-refractivity contribution in [2.24, 2.45) is 5.41 Å². The van der Waals surface area contributed by atoms with Crippen LogP contribution in [-0.2, 0) is 19.0 Å². The van der Waals surface area contributed by atoms with Gasteiger partial charge in [-0.1, -0.05) is 24.6 Å². The highest BCUT2D eigenvalue weighted by atomic mass is 16.6. The van der Waals surface area contributed by atoms with Gasteiger partial charge in [-0.05, 0) is 44.8 Å². The molecule has 0 unspecified atom stereocenters. The number of hydrogen-bond donors (Lipinski definition) is 0. The van der Waals surface area contributed by atoms with Crippen molar-refractivity contribution >= 4 is 40.7 Å². The van der Waals surface area contributed by atoms with Crippen LogP contribution in [0.5, 0.6) is 0 Å². The van der Waals surface area contributed by atoms with Crippen molar-refractivity contribution in [2.75, 3.05) is 13.2 Å². The van der Waals surface area contributed by atoms with Crippen LogP contribution in [-0.4, -0.2) is 56.9 Å². The van der Waals surface area contributed by atoms with Crippen molar-refractivity contribution < 1.29 is 48.3 Å². The Morgan fingerprint density at radius 2 is 1.31 bits per heavy atom. The Balaban J connectivity index is 1.74. The van der Waals surface area contributed by atoms with Gasteiger partial charge < -0.3 is 14.2 Å². The Kier molecular flexibility index (Phi) is 12.1. The molecule has 0 aliphatic heterocycles. The number of hydrogen-bond acceptors (Lipinski definition) is 14. The fourth-order valence-electron chi connectivity index (χ4n) is 4.95. The lowest BCUT2D eigenvalue weighted by molar-refractivity contribution is -0.394. The van der Waals surface area contributed by atoms with Gasteiger partial charge in [0.15, 0.2) is 0 Å². The molecule has 258 valence electrons. The van der Waals surface area contributed by atoms with Crippen molar-refractivity contribution in [1.82, 2.24) is 0 Å². The summed E-state index contributed by atoms with van der Waals surface area (Å²) in [6.45, 7) is 4.96. The fraction of sp³-hybridized carbons (Fsp3) is 0.323.